The first-order valence-corrected chi connectivity index (χ1v) is 8.25. The lowest BCUT2D eigenvalue weighted by Crippen LogP contribution is -2.35. The van der Waals surface area contributed by atoms with Crippen LogP contribution in [0, 0.1) is 5.41 Å². The summed E-state index contributed by atoms with van der Waals surface area (Å²) in [6.07, 6.45) is 2.98. The predicted molar refractivity (Wildman–Crippen MR) is 92.2 cm³/mol. The Morgan fingerprint density at radius 3 is 2.67 bits per heavy atom. The second-order valence-corrected chi connectivity index (χ2v) is 7.85. The molecule has 1 spiro atoms. The number of nitrogens with zero attached hydrogens (tertiary/aromatic N) is 1. The number of anilines is 1. The van der Waals surface area contributed by atoms with Crippen LogP contribution >= 0.6 is 0 Å². The van der Waals surface area contributed by atoms with Crippen molar-refractivity contribution >= 4 is 17.5 Å². The zero-order valence-electron chi connectivity index (χ0n) is 14.1. The van der Waals surface area contributed by atoms with Crippen LogP contribution in [0.1, 0.15) is 47.8 Å². The molecule has 1 unspecified atom stereocenters. The molecule has 1 N–H and O–H groups in total. The maximum absolute atomic E-state index is 12.7. The molecule has 0 fully saturated rings. The molecule has 4 heteroatoms. The van der Waals surface area contributed by atoms with E-state index in [0.29, 0.717) is 18.7 Å². The van der Waals surface area contributed by atoms with E-state index in [2.05, 4.69) is 10.3 Å². The second kappa shape index (κ2) is 4.76. The Hall–Kier alpha value is -2.49. The average molecular weight is 320 g/mol. The van der Waals surface area contributed by atoms with Gasteiger partial charge in [-0.15, -0.1) is 0 Å². The molecule has 0 saturated heterocycles. The Morgan fingerprint density at radius 1 is 1.17 bits per heavy atom. The molecule has 0 bridgehead atoms. The highest BCUT2D eigenvalue weighted by atomic mass is 16.2. The zero-order chi connectivity index (χ0) is 17.1. The van der Waals surface area contributed by atoms with E-state index >= 15 is 0 Å². The van der Waals surface area contributed by atoms with E-state index in [1.54, 1.807) is 6.20 Å². The minimum absolute atomic E-state index is 0.0103. The van der Waals surface area contributed by atoms with E-state index in [-0.39, 0.29) is 11.7 Å². The van der Waals surface area contributed by atoms with E-state index < -0.39 is 10.8 Å². The number of Topliss-reactive ketones (excluding diaryl/α,β-unsaturated/α-hetero) is 1. The van der Waals surface area contributed by atoms with Crippen molar-refractivity contribution in [2.45, 2.75) is 39.0 Å². The number of nitrogens with one attached hydrogen (secondary N) is 1. The molecule has 0 radical (unpaired) electrons. The maximum atomic E-state index is 12.7. The highest BCUT2D eigenvalue weighted by Gasteiger charge is 2.51. The lowest BCUT2D eigenvalue weighted by molar-refractivity contribution is -0.120. The third-order valence-electron chi connectivity index (χ3n) is 5.12. The SMILES string of the molecule is CC(C)(C)C(=O)c1ccc2c(c1)CC1(C2)C(=O)Nc2ncccc21. The summed E-state index contributed by atoms with van der Waals surface area (Å²) in [5.41, 5.74) is 2.95. The molecule has 1 aromatic heterocycles. The summed E-state index contributed by atoms with van der Waals surface area (Å²) in [6, 6.07) is 9.72. The molecule has 1 amide bonds. The Balaban J connectivity index is 1.75. The van der Waals surface area contributed by atoms with Gasteiger partial charge in [0.15, 0.2) is 5.78 Å². The fraction of sp³-hybridized carbons (Fsp3) is 0.350. The van der Waals surface area contributed by atoms with Gasteiger partial charge in [-0.3, -0.25) is 9.59 Å². The summed E-state index contributed by atoms with van der Waals surface area (Å²) in [4.78, 5) is 29.5. The lowest BCUT2D eigenvalue weighted by atomic mass is 9.79. The number of carbonyl (C=O) groups is 2. The summed E-state index contributed by atoms with van der Waals surface area (Å²) in [5.74, 6) is 0.807. The number of carbonyl (C=O) groups excluding carboxylic acids is 2. The molecule has 122 valence electrons. The Bertz CT molecular complexity index is 879. The van der Waals surface area contributed by atoms with Crippen LogP contribution in [0.15, 0.2) is 36.5 Å². The fourth-order valence-corrected chi connectivity index (χ4v) is 3.84. The van der Waals surface area contributed by atoms with E-state index in [1.165, 1.54) is 0 Å². The third kappa shape index (κ3) is 2.02. The van der Waals surface area contributed by atoms with Crippen molar-refractivity contribution in [3.63, 3.8) is 0 Å². The first kappa shape index (κ1) is 15.1. The smallest absolute Gasteiger partial charge is 0.237 e. The first-order chi connectivity index (χ1) is 11.3. The van der Waals surface area contributed by atoms with Crippen molar-refractivity contribution in [1.29, 1.82) is 0 Å². The number of amides is 1. The normalized spacial score (nSPS) is 21.5. The number of benzene rings is 1. The van der Waals surface area contributed by atoms with Crippen LogP contribution in [0.25, 0.3) is 0 Å². The van der Waals surface area contributed by atoms with Crippen molar-refractivity contribution < 1.29 is 9.59 Å². The number of ketones is 1. The molecule has 24 heavy (non-hydrogen) atoms. The first-order valence-electron chi connectivity index (χ1n) is 8.25. The topological polar surface area (TPSA) is 59.1 Å². The lowest BCUT2D eigenvalue weighted by Gasteiger charge is -2.20. The van der Waals surface area contributed by atoms with Crippen molar-refractivity contribution in [3.05, 3.63) is 58.8 Å². The van der Waals surface area contributed by atoms with Crippen molar-refractivity contribution in [2.24, 2.45) is 5.41 Å². The number of aromatic nitrogens is 1. The van der Waals surface area contributed by atoms with Gasteiger partial charge in [-0.05, 0) is 36.1 Å². The van der Waals surface area contributed by atoms with Crippen LogP contribution < -0.4 is 5.32 Å². The molecule has 2 heterocycles. The average Bonchev–Trinajstić information content (AvgIpc) is 3.04. The molecular formula is C20H20N2O2. The van der Waals surface area contributed by atoms with Gasteiger partial charge in [-0.2, -0.15) is 0 Å². The maximum Gasteiger partial charge on any atom is 0.237 e. The van der Waals surface area contributed by atoms with Gasteiger partial charge in [-0.25, -0.2) is 4.98 Å². The van der Waals surface area contributed by atoms with Crippen LogP contribution in [0.4, 0.5) is 5.82 Å². The molecule has 1 aliphatic carbocycles. The quantitative estimate of drug-likeness (QED) is 0.820. The Labute approximate surface area is 141 Å². The van der Waals surface area contributed by atoms with Crippen LogP contribution in [0.2, 0.25) is 0 Å². The van der Waals surface area contributed by atoms with E-state index in [9.17, 15) is 9.59 Å². The molecule has 4 nitrogen and oxygen atoms in total. The van der Waals surface area contributed by atoms with Gasteiger partial charge >= 0.3 is 0 Å². The molecule has 4 rings (SSSR count). The fourth-order valence-electron chi connectivity index (χ4n) is 3.84. The van der Waals surface area contributed by atoms with E-state index in [0.717, 1.165) is 22.3 Å². The molecule has 1 atom stereocenters. The molecule has 2 aliphatic rings. The number of hydrogen-bond donors (Lipinski definition) is 1. The number of rotatable bonds is 1. The van der Waals surface area contributed by atoms with Gasteiger partial charge in [-0.1, -0.05) is 39.0 Å². The summed E-state index contributed by atoms with van der Waals surface area (Å²) >= 11 is 0. The van der Waals surface area contributed by atoms with Crippen molar-refractivity contribution in [2.75, 3.05) is 5.32 Å². The Morgan fingerprint density at radius 2 is 1.92 bits per heavy atom. The van der Waals surface area contributed by atoms with Crippen LogP contribution in [-0.2, 0) is 23.1 Å². The van der Waals surface area contributed by atoms with Crippen LogP contribution in [0.3, 0.4) is 0 Å². The highest BCUT2D eigenvalue weighted by Crippen LogP contribution is 2.46. The summed E-state index contributed by atoms with van der Waals surface area (Å²) in [5, 5.41) is 2.91. The molecular weight excluding hydrogens is 300 g/mol. The number of hydrogen-bond acceptors (Lipinski definition) is 3. The predicted octanol–water partition coefficient (Wildman–Crippen LogP) is 3.30. The minimum atomic E-state index is -0.574. The highest BCUT2D eigenvalue weighted by molar-refractivity contribution is 6.06. The monoisotopic (exact) mass is 320 g/mol. The largest absolute Gasteiger partial charge is 0.310 e. The van der Waals surface area contributed by atoms with E-state index in [1.807, 2.05) is 51.1 Å². The molecule has 2 aromatic rings. The summed E-state index contributed by atoms with van der Waals surface area (Å²) in [6.45, 7) is 5.78. The van der Waals surface area contributed by atoms with Gasteiger partial charge in [0, 0.05) is 22.7 Å². The molecule has 0 saturated carbocycles. The standard InChI is InChI=1S/C20H20N2O2/c1-19(2,3)16(23)12-6-7-13-10-20(11-14(13)9-12)15-5-4-8-21-17(15)22-18(20)24/h4-9H,10-11H2,1-3H3,(H,21,22,24). The molecule has 1 aliphatic heterocycles. The zero-order valence-corrected chi connectivity index (χ0v) is 14.1. The second-order valence-electron chi connectivity index (χ2n) is 7.85. The number of fused-ring (bicyclic) bond motifs is 3. The van der Waals surface area contributed by atoms with Gasteiger partial charge in [0.2, 0.25) is 5.91 Å². The van der Waals surface area contributed by atoms with Gasteiger partial charge in [0.05, 0.1) is 5.41 Å². The van der Waals surface area contributed by atoms with Crippen LogP contribution in [-0.4, -0.2) is 16.7 Å². The van der Waals surface area contributed by atoms with Gasteiger partial charge in [0.25, 0.3) is 0 Å². The van der Waals surface area contributed by atoms with Gasteiger partial charge < -0.3 is 5.32 Å². The Kier molecular flexibility index (Phi) is 2.99. The van der Waals surface area contributed by atoms with Crippen molar-refractivity contribution in [1.82, 2.24) is 4.98 Å². The van der Waals surface area contributed by atoms with Crippen LogP contribution in [0.5, 0.6) is 0 Å². The summed E-state index contributed by atoms with van der Waals surface area (Å²) < 4.78 is 0. The minimum Gasteiger partial charge on any atom is -0.310 e. The van der Waals surface area contributed by atoms with Crippen molar-refractivity contribution in [3.8, 4) is 0 Å². The summed E-state index contributed by atoms with van der Waals surface area (Å²) in [7, 11) is 0. The third-order valence-corrected chi connectivity index (χ3v) is 5.12. The molecule has 1 aromatic carbocycles. The van der Waals surface area contributed by atoms with E-state index in [4.69, 9.17) is 0 Å². The number of pyridine rings is 1. The van der Waals surface area contributed by atoms with Gasteiger partial charge in [0.1, 0.15) is 5.82 Å².